The van der Waals surface area contributed by atoms with Crippen LogP contribution in [0.25, 0.3) is 0 Å². The van der Waals surface area contributed by atoms with E-state index in [1.807, 2.05) is 29.2 Å². The van der Waals surface area contributed by atoms with Crippen molar-refractivity contribution in [1.29, 1.82) is 5.26 Å². The molecule has 0 saturated heterocycles. The van der Waals surface area contributed by atoms with E-state index in [9.17, 15) is 4.39 Å². The summed E-state index contributed by atoms with van der Waals surface area (Å²) in [6.07, 6.45) is 3.18. The summed E-state index contributed by atoms with van der Waals surface area (Å²) in [5, 5.41) is 8.84. The van der Waals surface area contributed by atoms with Crippen molar-refractivity contribution in [3.05, 3.63) is 59.4 Å². The zero-order valence-electron chi connectivity index (χ0n) is 11.1. The fraction of sp³-hybridized carbons (Fsp3) is 0.235. The molecule has 0 aromatic heterocycles. The Balaban J connectivity index is 2.08. The number of benzene rings is 2. The van der Waals surface area contributed by atoms with Gasteiger partial charge < -0.3 is 4.90 Å². The van der Waals surface area contributed by atoms with Gasteiger partial charge in [0.15, 0.2) is 0 Å². The van der Waals surface area contributed by atoms with E-state index in [1.165, 1.54) is 11.6 Å². The highest BCUT2D eigenvalue weighted by molar-refractivity contribution is 5.68. The number of hydrogen-bond donors (Lipinski definition) is 0. The highest BCUT2D eigenvalue weighted by Crippen LogP contribution is 2.34. The standard InChI is InChI=1S/C17H15FN2/c18-15-11-13(12-19)8-9-17(15)20-10-4-3-6-14-5-1-2-7-16(14)20/h1-2,5,7-9,11H,3-4,6,10H2. The number of aryl methyl sites for hydroxylation is 1. The summed E-state index contributed by atoms with van der Waals surface area (Å²) in [6, 6.07) is 14.8. The van der Waals surface area contributed by atoms with Gasteiger partial charge in [0.2, 0.25) is 0 Å². The van der Waals surface area contributed by atoms with Gasteiger partial charge in [-0.1, -0.05) is 18.2 Å². The molecule has 0 amide bonds. The van der Waals surface area contributed by atoms with Gasteiger partial charge in [0, 0.05) is 12.2 Å². The molecule has 2 aromatic carbocycles. The Labute approximate surface area is 118 Å². The number of anilines is 2. The third-order valence-corrected chi connectivity index (χ3v) is 3.73. The van der Waals surface area contributed by atoms with Crippen LogP contribution < -0.4 is 4.90 Å². The first-order chi connectivity index (χ1) is 9.79. The molecule has 0 N–H and O–H groups in total. The summed E-state index contributed by atoms with van der Waals surface area (Å²) >= 11 is 0. The molecule has 2 aromatic rings. The second-order valence-corrected chi connectivity index (χ2v) is 5.02. The van der Waals surface area contributed by atoms with E-state index < -0.39 is 0 Å². The topological polar surface area (TPSA) is 27.0 Å². The lowest BCUT2D eigenvalue weighted by molar-refractivity contribution is 0.623. The van der Waals surface area contributed by atoms with Gasteiger partial charge in [-0.15, -0.1) is 0 Å². The lowest BCUT2D eigenvalue weighted by Crippen LogP contribution is -2.19. The van der Waals surface area contributed by atoms with Crippen molar-refractivity contribution in [2.75, 3.05) is 11.4 Å². The molecule has 3 rings (SSSR count). The van der Waals surface area contributed by atoms with Crippen LogP contribution in [0.15, 0.2) is 42.5 Å². The van der Waals surface area contributed by atoms with E-state index in [0.29, 0.717) is 11.3 Å². The van der Waals surface area contributed by atoms with Gasteiger partial charge in [-0.05, 0) is 49.1 Å². The molecule has 20 heavy (non-hydrogen) atoms. The van der Waals surface area contributed by atoms with Crippen molar-refractivity contribution in [3.63, 3.8) is 0 Å². The number of nitrogens with zero attached hydrogens (tertiary/aromatic N) is 2. The van der Waals surface area contributed by atoms with E-state index in [1.54, 1.807) is 12.1 Å². The third-order valence-electron chi connectivity index (χ3n) is 3.73. The molecule has 0 aliphatic carbocycles. The van der Waals surface area contributed by atoms with Crippen molar-refractivity contribution < 1.29 is 4.39 Å². The van der Waals surface area contributed by atoms with Gasteiger partial charge in [-0.3, -0.25) is 0 Å². The monoisotopic (exact) mass is 266 g/mol. The van der Waals surface area contributed by atoms with Crippen LogP contribution in [0.5, 0.6) is 0 Å². The van der Waals surface area contributed by atoms with E-state index in [2.05, 4.69) is 6.07 Å². The predicted octanol–water partition coefficient (Wildman–Crippen LogP) is 4.17. The average Bonchev–Trinajstić information content (AvgIpc) is 2.69. The van der Waals surface area contributed by atoms with Crippen molar-refractivity contribution in [2.24, 2.45) is 0 Å². The molecule has 2 nitrogen and oxygen atoms in total. The highest BCUT2D eigenvalue weighted by atomic mass is 19.1. The number of nitriles is 1. The van der Waals surface area contributed by atoms with E-state index in [0.717, 1.165) is 31.5 Å². The van der Waals surface area contributed by atoms with Gasteiger partial charge >= 0.3 is 0 Å². The molecule has 1 aliphatic rings. The Morgan fingerprint density at radius 1 is 1.05 bits per heavy atom. The maximum Gasteiger partial charge on any atom is 0.148 e. The van der Waals surface area contributed by atoms with Gasteiger partial charge in [-0.25, -0.2) is 4.39 Å². The Kier molecular flexibility index (Phi) is 3.39. The SMILES string of the molecule is N#Cc1ccc(N2CCCCc3ccccc32)c(F)c1. The number of fused-ring (bicyclic) bond motifs is 1. The van der Waals surface area contributed by atoms with Gasteiger partial charge in [0.25, 0.3) is 0 Å². The number of hydrogen-bond acceptors (Lipinski definition) is 2. The van der Waals surface area contributed by atoms with Crippen LogP contribution in [0.3, 0.4) is 0 Å². The number of rotatable bonds is 1. The van der Waals surface area contributed by atoms with E-state index in [-0.39, 0.29) is 5.82 Å². The van der Waals surface area contributed by atoms with Crippen molar-refractivity contribution in [1.82, 2.24) is 0 Å². The van der Waals surface area contributed by atoms with Crippen molar-refractivity contribution in [2.45, 2.75) is 19.3 Å². The Morgan fingerprint density at radius 3 is 2.70 bits per heavy atom. The number of para-hydroxylation sites is 1. The molecule has 0 unspecified atom stereocenters. The van der Waals surface area contributed by atoms with E-state index >= 15 is 0 Å². The molecular formula is C17H15FN2. The Bertz CT molecular complexity index is 673. The molecule has 0 saturated carbocycles. The van der Waals surface area contributed by atoms with Crippen LogP contribution in [0, 0.1) is 17.1 Å². The zero-order valence-corrected chi connectivity index (χ0v) is 11.1. The average molecular weight is 266 g/mol. The largest absolute Gasteiger partial charge is 0.339 e. The maximum absolute atomic E-state index is 14.3. The summed E-state index contributed by atoms with van der Waals surface area (Å²) in [7, 11) is 0. The first-order valence-corrected chi connectivity index (χ1v) is 6.84. The minimum absolute atomic E-state index is 0.333. The first-order valence-electron chi connectivity index (χ1n) is 6.84. The van der Waals surface area contributed by atoms with Gasteiger partial charge in [-0.2, -0.15) is 5.26 Å². The molecule has 3 heteroatoms. The Hall–Kier alpha value is -2.34. The number of halogens is 1. The maximum atomic E-state index is 14.3. The van der Waals surface area contributed by atoms with Gasteiger partial charge in [0.1, 0.15) is 5.82 Å². The second-order valence-electron chi connectivity index (χ2n) is 5.02. The summed E-state index contributed by atoms with van der Waals surface area (Å²) in [4.78, 5) is 2.03. The lowest BCUT2D eigenvalue weighted by atomic mass is 10.1. The zero-order chi connectivity index (χ0) is 13.9. The minimum atomic E-state index is -0.333. The third kappa shape index (κ3) is 2.25. The molecule has 0 fully saturated rings. The second kappa shape index (κ2) is 5.34. The van der Waals surface area contributed by atoms with E-state index in [4.69, 9.17) is 5.26 Å². The lowest BCUT2D eigenvalue weighted by Gasteiger charge is -2.25. The highest BCUT2D eigenvalue weighted by Gasteiger charge is 2.19. The Morgan fingerprint density at radius 2 is 1.90 bits per heavy atom. The van der Waals surface area contributed by atoms with Crippen LogP contribution in [0.2, 0.25) is 0 Å². The molecule has 1 heterocycles. The molecule has 0 bridgehead atoms. The smallest absolute Gasteiger partial charge is 0.148 e. The summed E-state index contributed by atoms with van der Waals surface area (Å²) in [5.74, 6) is -0.333. The van der Waals surface area contributed by atoms with Crippen LogP contribution >= 0.6 is 0 Å². The molecule has 0 atom stereocenters. The predicted molar refractivity (Wildman–Crippen MR) is 77.5 cm³/mol. The van der Waals surface area contributed by atoms with Crippen LogP contribution in [0.1, 0.15) is 24.0 Å². The summed E-state index contributed by atoms with van der Waals surface area (Å²) in [6.45, 7) is 0.805. The quantitative estimate of drug-likeness (QED) is 0.774. The minimum Gasteiger partial charge on any atom is -0.339 e. The fourth-order valence-electron chi connectivity index (χ4n) is 2.74. The molecule has 0 radical (unpaired) electrons. The first kappa shape index (κ1) is 12.7. The molecule has 1 aliphatic heterocycles. The summed E-state index contributed by atoms with van der Waals surface area (Å²) in [5.41, 5.74) is 3.25. The van der Waals surface area contributed by atoms with Crippen LogP contribution in [0.4, 0.5) is 15.8 Å². The van der Waals surface area contributed by atoms with Crippen molar-refractivity contribution >= 4 is 11.4 Å². The van der Waals surface area contributed by atoms with Crippen molar-refractivity contribution in [3.8, 4) is 6.07 Å². The normalized spacial score (nSPS) is 14.3. The van der Waals surface area contributed by atoms with Crippen LogP contribution in [-0.2, 0) is 6.42 Å². The summed E-state index contributed by atoms with van der Waals surface area (Å²) < 4.78 is 14.3. The molecule has 100 valence electrons. The van der Waals surface area contributed by atoms with Crippen LogP contribution in [-0.4, -0.2) is 6.54 Å². The van der Waals surface area contributed by atoms with Gasteiger partial charge in [0.05, 0.1) is 17.3 Å². The fourth-order valence-corrected chi connectivity index (χ4v) is 2.74. The molecular weight excluding hydrogens is 251 g/mol. The molecule has 0 spiro atoms.